The molecule has 0 aliphatic carbocycles. The smallest absolute Gasteiger partial charge is 0.223 e. The van der Waals surface area contributed by atoms with Crippen molar-refractivity contribution < 1.29 is 19.5 Å². The van der Waals surface area contributed by atoms with Crippen LogP contribution in [0.15, 0.2) is 0 Å². The van der Waals surface area contributed by atoms with Gasteiger partial charge in [0.2, 0.25) is 11.8 Å². The molecule has 6 heteroatoms. The SMILES string of the molecule is CC(C)C(=O)NCCCCC(NC(=O)C(C)C)C(=O)[O-]. The fourth-order valence-electron chi connectivity index (χ4n) is 1.48. The maximum atomic E-state index is 11.5. The summed E-state index contributed by atoms with van der Waals surface area (Å²) in [6.45, 7) is 7.52. The predicted octanol–water partition coefficient (Wildman–Crippen LogP) is -0.180. The van der Waals surface area contributed by atoms with Crippen molar-refractivity contribution >= 4 is 17.8 Å². The third-order valence-corrected chi connectivity index (χ3v) is 2.87. The second-order valence-corrected chi connectivity index (χ2v) is 5.48. The molecule has 0 aliphatic heterocycles. The molecule has 0 aromatic carbocycles. The molecular weight excluding hydrogens is 260 g/mol. The number of carbonyl (C=O) groups is 3. The van der Waals surface area contributed by atoms with E-state index < -0.39 is 12.0 Å². The molecule has 0 radical (unpaired) electrons. The number of hydrogen-bond donors (Lipinski definition) is 2. The van der Waals surface area contributed by atoms with Crippen LogP contribution in [-0.2, 0) is 14.4 Å². The third-order valence-electron chi connectivity index (χ3n) is 2.87. The van der Waals surface area contributed by atoms with Gasteiger partial charge in [-0.2, -0.15) is 0 Å². The van der Waals surface area contributed by atoms with Crippen molar-refractivity contribution in [2.75, 3.05) is 6.54 Å². The van der Waals surface area contributed by atoms with Crippen LogP contribution in [0, 0.1) is 11.8 Å². The summed E-state index contributed by atoms with van der Waals surface area (Å²) in [6.07, 6.45) is 1.56. The Hall–Kier alpha value is -1.59. The molecule has 2 amide bonds. The minimum Gasteiger partial charge on any atom is -0.548 e. The maximum Gasteiger partial charge on any atom is 0.223 e. The van der Waals surface area contributed by atoms with Crippen molar-refractivity contribution in [2.24, 2.45) is 11.8 Å². The first-order valence-corrected chi connectivity index (χ1v) is 7.04. The first-order valence-electron chi connectivity index (χ1n) is 7.04. The van der Waals surface area contributed by atoms with E-state index in [1.54, 1.807) is 13.8 Å². The van der Waals surface area contributed by atoms with Gasteiger partial charge in [-0.25, -0.2) is 0 Å². The van der Waals surface area contributed by atoms with Gasteiger partial charge in [-0.15, -0.1) is 0 Å². The largest absolute Gasteiger partial charge is 0.548 e. The summed E-state index contributed by atoms with van der Waals surface area (Å²) in [4.78, 5) is 33.7. The number of amides is 2. The van der Waals surface area contributed by atoms with E-state index in [0.717, 1.165) is 0 Å². The van der Waals surface area contributed by atoms with E-state index in [4.69, 9.17) is 0 Å². The lowest BCUT2D eigenvalue weighted by Gasteiger charge is -2.20. The summed E-state index contributed by atoms with van der Waals surface area (Å²) in [5, 5.41) is 16.1. The average molecular weight is 285 g/mol. The molecule has 2 N–H and O–H groups in total. The average Bonchev–Trinajstić information content (AvgIpc) is 2.35. The van der Waals surface area contributed by atoms with Crippen LogP contribution in [0.5, 0.6) is 0 Å². The second kappa shape index (κ2) is 9.34. The molecule has 0 spiro atoms. The molecule has 20 heavy (non-hydrogen) atoms. The first kappa shape index (κ1) is 18.4. The third kappa shape index (κ3) is 7.76. The Bertz CT molecular complexity index is 340. The number of carbonyl (C=O) groups excluding carboxylic acids is 3. The Balaban J connectivity index is 3.96. The molecule has 1 unspecified atom stereocenters. The fourth-order valence-corrected chi connectivity index (χ4v) is 1.48. The molecule has 0 fully saturated rings. The molecular formula is C14H25N2O4-. The highest BCUT2D eigenvalue weighted by Crippen LogP contribution is 2.02. The lowest BCUT2D eigenvalue weighted by Crippen LogP contribution is -2.49. The van der Waals surface area contributed by atoms with Crippen molar-refractivity contribution in [3.63, 3.8) is 0 Å². The van der Waals surface area contributed by atoms with Gasteiger partial charge in [0.05, 0.1) is 12.0 Å². The van der Waals surface area contributed by atoms with Gasteiger partial charge >= 0.3 is 0 Å². The maximum absolute atomic E-state index is 11.5. The highest BCUT2D eigenvalue weighted by atomic mass is 16.4. The number of unbranched alkanes of at least 4 members (excludes halogenated alkanes) is 1. The number of carboxylic acid groups (broad SMARTS) is 1. The summed E-state index contributed by atoms with van der Waals surface area (Å²) in [6, 6.07) is -0.967. The van der Waals surface area contributed by atoms with Crippen LogP contribution in [0.3, 0.4) is 0 Å². The molecule has 0 aromatic heterocycles. The molecule has 0 aromatic rings. The molecule has 0 heterocycles. The molecule has 116 valence electrons. The number of aliphatic carboxylic acids is 1. The van der Waals surface area contributed by atoms with E-state index in [1.807, 2.05) is 13.8 Å². The number of carboxylic acids is 1. The second-order valence-electron chi connectivity index (χ2n) is 5.48. The highest BCUT2D eigenvalue weighted by molar-refractivity contribution is 5.83. The predicted molar refractivity (Wildman–Crippen MR) is 73.5 cm³/mol. The van der Waals surface area contributed by atoms with Crippen LogP contribution in [0.1, 0.15) is 47.0 Å². The standard InChI is InChI=1S/C14H26N2O4/c1-9(2)12(17)15-8-6-5-7-11(14(19)20)16-13(18)10(3)4/h9-11H,5-8H2,1-4H3,(H,15,17)(H,16,18)(H,19,20)/p-1. The zero-order valence-electron chi connectivity index (χ0n) is 12.7. The molecule has 0 saturated carbocycles. The summed E-state index contributed by atoms with van der Waals surface area (Å²) in [5.41, 5.74) is 0. The summed E-state index contributed by atoms with van der Waals surface area (Å²) < 4.78 is 0. The number of nitrogens with one attached hydrogen (secondary N) is 2. The first-order chi connectivity index (χ1) is 9.25. The molecule has 0 bridgehead atoms. The van der Waals surface area contributed by atoms with Gasteiger partial charge in [-0.1, -0.05) is 27.7 Å². The zero-order valence-corrected chi connectivity index (χ0v) is 12.7. The van der Waals surface area contributed by atoms with E-state index >= 15 is 0 Å². The lowest BCUT2D eigenvalue weighted by molar-refractivity contribution is -0.308. The van der Waals surface area contributed by atoms with Crippen molar-refractivity contribution in [1.29, 1.82) is 0 Å². The lowest BCUT2D eigenvalue weighted by atomic mass is 10.1. The van der Waals surface area contributed by atoms with Crippen molar-refractivity contribution in [3.05, 3.63) is 0 Å². The topological polar surface area (TPSA) is 98.3 Å². The molecule has 0 saturated heterocycles. The summed E-state index contributed by atoms with van der Waals surface area (Å²) in [7, 11) is 0. The van der Waals surface area contributed by atoms with Crippen molar-refractivity contribution in [1.82, 2.24) is 10.6 Å². The fraction of sp³-hybridized carbons (Fsp3) is 0.786. The van der Waals surface area contributed by atoms with Gasteiger partial charge in [0, 0.05) is 18.4 Å². The van der Waals surface area contributed by atoms with E-state index in [2.05, 4.69) is 10.6 Å². The Morgan fingerprint density at radius 2 is 1.50 bits per heavy atom. The van der Waals surface area contributed by atoms with Crippen LogP contribution in [0.2, 0.25) is 0 Å². The summed E-state index contributed by atoms with van der Waals surface area (Å²) in [5.74, 6) is -1.91. The van der Waals surface area contributed by atoms with Crippen LogP contribution in [0.4, 0.5) is 0 Å². The van der Waals surface area contributed by atoms with Crippen LogP contribution in [0.25, 0.3) is 0 Å². The Kier molecular flexibility index (Phi) is 8.59. The Morgan fingerprint density at radius 3 is 1.95 bits per heavy atom. The van der Waals surface area contributed by atoms with Crippen LogP contribution in [-0.4, -0.2) is 30.4 Å². The minimum atomic E-state index is -1.27. The number of rotatable bonds is 9. The zero-order chi connectivity index (χ0) is 15.7. The quantitative estimate of drug-likeness (QED) is 0.574. The monoisotopic (exact) mass is 285 g/mol. The van der Waals surface area contributed by atoms with Gasteiger partial charge in [0.25, 0.3) is 0 Å². The normalized spacial score (nSPS) is 12.3. The molecule has 6 nitrogen and oxygen atoms in total. The van der Waals surface area contributed by atoms with Gasteiger partial charge in [0.15, 0.2) is 0 Å². The van der Waals surface area contributed by atoms with Crippen molar-refractivity contribution in [2.45, 2.75) is 53.0 Å². The van der Waals surface area contributed by atoms with Crippen LogP contribution < -0.4 is 15.7 Å². The van der Waals surface area contributed by atoms with Gasteiger partial charge in [-0.05, 0) is 19.3 Å². The van der Waals surface area contributed by atoms with Gasteiger partial charge < -0.3 is 20.5 Å². The highest BCUT2D eigenvalue weighted by Gasteiger charge is 2.15. The van der Waals surface area contributed by atoms with Crippen LogP contribution >= 0.6 is 0 Å². The Morgan fingerprint density at radius 1 is 0.950 bits per heavy atom. The molecule has 0 rings (SSSR count). The Labute approximate surface area is 120 Å². The van der Waals surface area contributed by atoms with E-state index in [1.165, 1.54) is 0 Å². The minimum absolute atomic E-state index is 0.0189. The summed E-state index contributed by atoms with van der Waals surface area (Å²) >= 11 is 0. The van der Waals surface area contributed by atoms with E-state index in [9.17, 15) is 19.5 Å². The molecule has 1 atom stereocenters. The van der Waals surface area contributed by atoms with E-state index in [-0.39, 0.29) is 23.7 Å². The van der Waals surface area contributed by atoms with E-state index in [0.29, 0.717) is 25.8 Å². The number of hydrogen-bond acceptors (Lipinski definition) is 4. The van der Waals surface area contributed by atoms with Gasteiger partial charge in [0.1, 0.15) is 0 Å². The molecule has 0 aliphatic rings. The van der Waals surface area contributed by atoms with Gasteiger partial charge in [-0.3, -0.25) is 9.59 Å². The van der Waals surface area contributed by atoms with Crippen molar-refractivity contribution in [3.8, 4) is 0 Å².